The molecule has 28 heavy (non-hydrogen) atoms. The van der Waals surface area contributed by atoms with Crippen LogP contribution in [0.4, 0.5) is 0 Å². The van der Waals surface area contributed by atoms with Crippen molar-refractivity contribution in [2.75, 3.05) is 33.7 Å². The van der Waals surface area contributed by atoms with Crippen LogP contribution in [0.25, 0.3) is 0 Å². The lowest BCUT2D eigenvalue weighted by Crippen LogP contribution is -2.38. The Morgan fingerprint density at radius 2 is 1.79 bits per heavy atom. The summed E-state index contributed by atoms with van der Waals surface area (Å²) in [6.45, 7) is 3.49. The first kappa shape index (κ1) is 20.8. The number of ketones is 1. The zero-order chi connectivity index (χ0) is 20.0. The van der Waals surface area contributed by atoms with Crippen molar-refractivity contribution < 1.29 is 9.90 Å². The molecule has 2 atom stereocenters. The van der Waals surface area contributed by atoms with E-state index < -0.39 is 11.5 Å². The van der Waals surface area contributed by atoms with Gasteiger partial charge in [-0.2, -0.15) is 0 Å². The second-order valence-electron chi connectivity index (χ2n) is 8.37. The number of carbonyl (C=O) groups is 1. The van der Waals surface area contributed by atoms with Gasteiger partial charge >= 0.3 is 0 Å². The molecule has 1 aromatic carbocycles. The van der Waals surface area contributed by atoms with E-state index in [9.17, 15) is 9.90 Å². The summed E-state index contributed by atoms with van der Waals surface area (Å²) >= 11 is 0. The predicted octanol–water partition coefficient (Wildman–Crippen LogP) is 3.95. The van der Waals surface area contributed by atoms with Gasteiger partial charge in [0.05, 0.1) is 11.5 Å². The average molecular weight is 383 g/mol. The lowest BCUT2D eigenvalue weighted by molar-refractivity contribution is -0.128. The smallest absolute Gasteiger partial charge is 0.168 e. The van der Waals surface area contributed by atoms with E-state index in [1.165, 1.54) is 32.4 Å². The number of allylic oxidation sites excluding steroid dienone is 2. The van der Waals surface area contributed by atoms with E-state index in [0.29, 0.717) is 6.42 Å². The summed E-state index contributed by atoms with van der Waals surface area (Å²) in [5, 5.41) is 11.3. The summed E-state index contributed by atoms with van der Waals surface area (Å²) < 4.78 is 0. The van der Waals surface area contributed by atoms with Crippen LogP contribution in [0.3, 0.4) is 0 Å². The first-order valence-electron chi connectivity index (χ1n) is 10.6. The molecule has 0 radical (unpaired) electrons. The number of nitrogens with zero attached hydrogens (tertiary/aromatic N) is 2. The minimum absolute atomic E-state index is 0.00688. The lowest BCUT2D eigenvalue weighted by Gasteiger charge is -2.37. The van der Waals surface area contributed by atoms with Gasteiger partial charge in [-0.05, 0) is 69.1 Å². The highest BCUT2D eigenvalue weighted by Gasteiger charge is 2.44. The number of likely N-dealkylation sites (tertiary alicyclic amines) is 1. The van der Waals surface area contributed by atoms with Crippen molar-refractivity contribution in [3.05, 3.63) is 59.8 Å². The zero-order valence-corrected chi connectivity index (χ0v) is 17.3. The van der Waals surface area contributed by atoms with Crippen LogP contribution in [0.2, 0.25) is 0 Å². The summed E-state index contributed by atoms with van der Waals surface area (Å²) in [6.07, 6.45) is 11.3. The topological polar surface area (TPSA) is 43.8 Å². The van der Waals surface area contributed by atoms with Gasteiger partial charge in [-0.25, -0.2) is 0 Å². The summed E-state index contributed by atoms with van der Waals surface area (Å²) in [5.41, 5.74) is 0.889. The van der Waals surface area contributed by atoms with Crippen molar-refractivity contribution in [1.29, 1.82) is 0 Å². The maximum Gasteiger partial charge on any atom is 0.168 e. The standard InChI is InChI=1S/C24H34N2O2/c1-25(2)21-13-14-22(27)24(19-21,23(28)20-11-5-3-6-12-20)15-7-10-18-26-16-8-4-9-17-26/h3,5-6,11-14,19,23,28H,4,7-10,15-18H2,1-2H3. The van der Waals surface area contributed by atoms with Crippen molar-refractivity contribution in [3.63, 3.8) is 0 Å². The summed E-state index contributed by atoms with van der Waals surface area (Å²) in [6, 6.07) is 9.60. The number of carbonyl (C=O) groups excluding carboxylic acids is 1. The molecule has 0 amide bonds. The minimum atomic E-state index is -0.891. The fourth-order valence-corrected chi connectivity index (χ4v) is 4.39. The Morgan fingerprint density at radius 1 is 1.07 bits per heavy atom. The van der Waals surface area contributed by atoms with Crippen LogP contribution < -0.4 is 0 Å². The van der Waals surface area contributed by atoms with Gasteiger partial charge in [-0.15, -0.1) is 0 Å². The van der Waals surface area contributed by atoms with E-state index in [1.54, 1.807) is 6.08 Å². The Bertz CT molecular complexity index is 705. The molecule has 152 valence electrons. The molecule has 1 fully saturated rings. The molecule has 1 aliphatic heterocycles. The van der Waals surface area contributed by atoms with Crippen molar-refractivity contribution in [1.82, 2.24) is 9.80 Å². The number of aliphatic hydroxyl groups excluding tert-OH is 1. The maximum atomic E-state index is 13.1. The molecule has 1 aromatic rings. The van der Waals surface area contributed by atoms with Crippen LogP contribution in [0.1, 0.15) is 50.2 Å². The SMILES string of the molecule is CN(C)C1=CC(CCCCN2CCCCC2)(C(O)c2ccccc2)C(=O)C=C1. The van der Waals surface area contributed by atoms with Gasteiger partial charge in [0, 0.05) is 19.8 Å². The number of piperidine rings is 1. The van der Waals surface area contributed by atoms with Crippen LogP contribution in [-0.4, -0.2) is 54.4 Å². The van der Waals surface area contributed by atoms with Crippen LogP contribution in [0.5, 0.6) is 0 Å². The Morgan fingerprint density at radius 3 is 2.46 bits per heavy atom. The molecule has 1 saturated heterocycles. The number of hydrogen-bond acceptors (Lipinski definition) is 4. The molecular weight excluding hydrogens is 348 g/mol. The first-order valence-corrected chi connectivity index (χ1v) is 10.6. The fourth-order valence-electron chi connectivity index (χ4n) is 4.39. The number of unbranched alkanes of at least 4 members (excludes halogenated alkanes) is 1. The highest BCUT2D eigenvalue weighted by atomic mass is 16.3. The van der Waals surface area contributed by atoms with Gasteiger partial charge in [-0.1, -0.05) is 43.2 Å². The van der Waals surface area contributed by atoms with E-state index in [4.69, 9.17) is 0 Å². The first-order chi connectivity index (χ1) is 13.5. The summed E-state index contributed by atoms with van der Waals surface area (Å²) in [4.78, 5) is 17.6. The number of likely N-dealkylation sites (N-methyl/N-ethyl adjacent to an activating group) is 1. The number of benzene rings is 1. The molecule has 2 aliphatic rings. The van der Waals surface area contributed by atoms with Gasteiger partial charge < -0.3 is 14.9 Å². The van der Waals surface area contributed by atoms with E-state index in [-0.39, 0.29) is 5.78 Å². The fraction of sp³-hybridized carbons (Fsp3) is 0.542. The largest absolute Gasteiger partial charge is 0.387 e. The molecule has 1 heterocycles. The van der Waals surface area contributed by atoms with Gasteiger partial charge in [0.15, 0.2) is 5.78 Å². The Hall–Kier alpha value is -1.91. The molecule has 4 heteroatoms. The molecule has 0 spiro atoms. The predicted molar refractivity (Wildman–Crippen MR) is 114 cm³/mol. The van der Waals surface area contributed by atoms with Gasteiger partial charge in [0.1, 0.15) is 0 Å². The Balaban J connectivity index is 1.76. The van der Waals surface area contributed by atoms with Crippen molar-refractivity contribution in [3.8, 4) is 0 Å². The zero-order valence-electron chi connectivity index (χ0n) is 17.3. The average Bonchev–Trinajstić information content (AvgIpc) is 2.73. The summed E-state index contributed by atoms with van der Waals surface area (Å²) in [7, 11) is 3.95. The van der Waals surface area contributed by atoms with Gasteiger partial charge in [-0.3, -0.25) is 4.79 Å². The second-order valence-corrected chi connectivity index (χ2v) is 8.37. The Labute approximate surface area is 169 Å². The van der Waals surface area contributed by atoms with E-state index in [0.717, 1.165) is 30.6 Å². The third-order valence-electron chi connectivity index (χ3n) is 6.15. The van der Waals surface area contributed by atoms with Crippen LogP contribution >= 0.6 is 0 Å². The Kier molecular flexibility index (Phi) is 7.08. The molecule has 0 saturated carbocycles. The monoisotopic (exact) mass is 382 g/mol. The quantitative estimate of drug-likeness (QED) is 0.692. The van der Waals surface area contributed by atoms with Crippen LogP contribution in [0.15, 0.2) is 54.3 Å². The molecule has 0 bridgehead atoms. The van der Waals surface area contributed by atoms with Crippen LogP contribution in [-0.2, 0) is 4.79 Å². The van der Waals surface area contributed by atoms with Crippen molar-refractivity contribution in [2.24, 2.45) is 5.41 Å². The van der Waals surface area contributed by atoms with E-state index in [2.05, 4.69) is 4.90 Å². The number of rotatable bonds is 8. The normalized spacial score (nSPS) is 24.1. The second kappa shape index (κ2) is 9.53. The number of hydrogen-bond donors (Lipinski definition) is 1. The van der Waals surface area contributed by atoms with Gasteiger partial charge in [0.25, 0.3) is 0 Å². The highest BCUT2D eigenvalue weighted by Crippen LogP contribution is 2.44. The molecule has 3 rings (SSSR count). The maximum absolute atomic E-state index is 13.1. The van der Waals surface area contributed by atoms with E-state index in [1.807, 2.05) is 61.5 Å². The molecular formula is C24H34N2O2. The highest BCUT2D eigenvalue weighted by molar-refractivity contribution is 5.98. The minimum Gasteiger partial charge on any atom is -0.387 e. The molecule has 2 unspecified atom stereocenters. The molecule has 4 nitrogen and oxygen atoms in total. The number of aliphatic hydroxyl groups is 1. The molecule has 1 N–H and O–H groups in total. The van der Waals surface area contributed by atoms with Crippen molar-refractivity contribution >= 4 is 5.78 Å². The molecule has 1 aliphatic carbocycles. The third-order valence-corrected chi connectivity index (χ3v) is 6.15. The van der Waals surface area contributed by atoms with Crippen LogP contribution in [0, 0.1) is 5.41 Å². The lowest BCUT2D eigenvalue weighted by atomic mass is 9.69. The van der Waals surface area contributed by atoms with E-state index >= 15 is 0 Å². The van der Waals surface area contributed by atoms with Crippen molar-refractivity contribution in [2.45, 2.75) is 44.6 Å². The molecule has 0 aromatic heterocycles. The third kappa shape index (κ3) is 4.73. The summed E-state index contributed by atoms with van der Waals surface area (Å²) in [5.74, 6) is 0.00688. The van der Waals surface area contributed by atoms with Gasteiger partial charge in [0.2, 0.25) is 0 Å².